The van der Waals surface area contributed by atoms with Gasteiger partial charge in [0, 0.05) is 26.2 Å². The van der Waals surface area contributed by atoms with Crippen LogP contribution in [0.4, 0.5) is 0 Å². The molecular weight excluding hydrogens is 316 g/mol. The lowest BCUT2D eigenvalue weighted by Crippen LogP contribution is -2.45. The zero-order chi connectivity index (χ0) is 17.6. The molecule has 2 aromatic rings. The number of carbonyl (C=O) groups is 1. The molecule has 0 radical (unpaired) electrons. The van der Waals surface area contributed by atoms with Gasteiger partial charge in [-0.3, -0.25) is 9.69 Å². The van der Waals surface area contributed by atoms with E-state index < -0.39 is 5.91 Å². The zero-order valence-electron chi connectivity index (χ0n) is 14.8. The summed E-state index contributed by atoms with van der Waals surface area (Å²) in [5, 5.41) is 4.51. The smallest absolute Gasteiger partial charge is 0.225 e. The standard InChI is InChI=1S/C18H26N6O/c1-2-22-8-10-23(11-9-22)14-18-20-17(12-16(19)25)21-24(18)13-15-6-4-3-5-7-15/h3-7H,2,8-14H2,1H3,(H2,19,25). The maximum atomic E-state index is 11.2. The Hall–Kier alpha value is -2.25. The first kappa shape index (κ1) is 17.6. The summed E-state index contributed by atoms with van der Waals surface area (Å²) in [6.45, 7) is 8.90. The molecule has 1 aromatic carbocycles. The molecule has 2 heterocycles. The Bertz CT molecular complexity index is 691. The van der Waals surface area contributed by atoms with Crippen molar-refractivity contribution in [3.63, 3.8) is 0 Å². The summed E-state index contributed by atoms with van der Waals surface area (Å²) in [7, 11) is 0. The quantitative estimate of drug-likeness (QED) is 0.792. The van der Waals surface area contributed by atoms with E-state index in [0.29, 0.717) is 12.4 Å². The zero-order valence-corrected chi connectivity index (χ0v) is 14.8. The van der Waals surface area contributed by atoms with Gasteiger partial charge < -0.3 is 10.6 Å². The number of hydrogen-bond acceptors (Lipinski definition) is 5. The Morgan fingerprint density at radius 1 is 1.08 bits per heavy atom. The normalized spacial score (nSPS) is 16.2. The lowest BCUT2D eigenvalue weighted by molar-refractivity contribution is -0.117. The first-order chi connectivity index (χ1) is 12.1. The van der Waals surface area contributed by atoms with Gasteiger partial charge >= 0.3 is 0 Å². The highest BCUT2D eigenvalue weighted by atomic mass is 16.1. The van der Waals surface area contributed by atoms with E-state index in [2.05, 4.69) is 38.9 Å². The Balaban J connectivity index is 1.74. The molecule has 0 unspecified atom stereocenters. The molecule has 7 heteroatoms. The fourth-order valence-corrected chi connectivity index (χ4v) is 3.12. The van der Waals surface area contributed by atoms with Gasteiger partial charge in [-0.1, -0.05) is 37.3 Å². The van der Waals surface area contributed by atoms with Crippen molar-refractivity contribution < 1.29 is 4.79 Å². The average molecular weight is 342 g/mol. The SMILES string of the molecule is CCN1CCN(Cc2nc(CC(N)=O)nn2Cc2ccccc2)CC1. The molecule has 25 heavy (non-hydrogen) atoms. The molecule has 0 aliphatic carbocycles. The van der Waals surface area contributed by atoms with E-state index in [-0.39, 0.29) is 6.42 Å². The van der Waals surface area contributed by atoms with Crippen LogP contribution in [0.1, 0.15) is 24.1 Å². The van der Waals surface area contributed by atoms with Gasteiger partial charge in [-0.05, 0) is 12.1 Å². The number of piperazine rings is 1. The molecule has 0 spiro atoms. The van der Waals surface area contributed by atoms with Crippen molar-refractivity contribution in [2.45, 2.75) is 26.4 Å². The van der Waals surface area contributed by atoms with E-state index in [9.17, 15) is 4.79 Å². The number of rotatable bonds is 7. The molecule has 134 valence electrons. The highest BCUT2D eigenvalue weighted by molar-refractivity contribution is 5.75. The molecule has 7 nitrogen and oxygen atoms in total. The minimum atomic E-state index is -0.403. The van der Waals surface area contributed by atoms with Crippen LogP contribution < -0.4 is 5.73 Å². The minimum Gasteiger partial charge on any atom is -0.369 e. The molecule has 0 atom stereocenters. The summed E-state index contributed by atoms with van der Waals surface area (Å²) in [6, 6.07) is 10.2. The molecule has 2 N–H and O–H groups in total. The number of nitrogens with zero attached hydrogens (tertiary/aromatic N) is 5. The van der Waals surface area contributed by atoms with E-state index in [1.807, 2.05) is 22.9 Å². The second-order valence-corrected chi connectivity index (χ2v) is 6.44. The number of likely N-dealkylation sites (N-methyl/N-ethyl adjacent to an activating group) is 1. The van der Waals surface area contributed by atoms with Crippen LogP contribution >= 0.6 is 0 Å². The van der Waals surface area contributed by atoms with Gasteiger partial charge in [0.1, 0.15) is 5.82 Å². The van der Waals surface area contributed by atoms with Crippen molar-refractivity contribution in [2.75, 3.05) is 32.7 Å². The number of benzene rings is 1. The van der Waals surface area contributed by atoms with Gasteiger partial charge in [-0.15, -0.1) is 0 Å². The first-order valence-corrected chi connectivity index (χ1v) is 8.83. The van der Waals surface area contributed by atoms with Gasteiger partial charge in [0.25, 0.3) is 0 Å². The van der Waals surface area contributed by atoms with Gasteiger partial charge in [0.15, 0.2) is 5.82 Å². The summed E-state index contributed by atoms with van der Waals surface area (Å²) in [6.07, 6.45) is 0.0817. The van der Waals surface area contributed by atoms with Crippen molar-refractivity contribution >= 4 is 5.91 Å². The largest absolute Gasteiger partial charge is 0.369 e. The Kier molecular flexibility index (Phi) is 5.78. The number of carbonyl (C=O) groups excluding carboxylic acids is 1. The third kappa shape index (κ3) is 4.87. The fraction of sp³-hybridized carbons (Fsp3) is 0.500. The van der Waals surface area contributed by atoms with E-state index in [4.69, 9.17) is 5.73 Å². The Morgan fingerprint density at radius 2 is 1.76 bits per heavy atom. The van der Waals surface area contributed by atoms with E-state index >= 15 is 0 Å². The van der Waals surface area contributed by atoms with Crippen LogP contribution in [0.2, 0.25) is 0 Å². The van der Waals surface area contributed by atoms with Crippen LogP contribution in [0.3, 0.4) is 0 Å². The van der Waals surface area contributed by atoms with E-state index in [1.54, 1.807) is 0 Å². The molecule has 1 saturated heterocycles. The highest BCUT2D eigenvalue weighted by Gasteiger charge is 2.19. The van der Waals surface area contributed by atoms with Crippen molar-refractivity contribution in [3.8, 4) is 0 Å². The molecule has 1 amide bonds. The number of nitrogens with two attached hydrogens (primary N) is 1. The molecule has 1 aliphatic rings. The topological polar surface area (TPSA) is 80.3 Å². The summed E-state index contributed by atoms with van der Waals surface area (Å²) in [5.41, 5.74) is 6.47. The number of amides is 1. The van der Waals surface area contributed by atoms with Crippen LogP contribution in [-0.4, -0.2) is 63.2 Å². The van der Waals surface area contributed by atoms with Crippen LogP contribution in [0.25, 0.3) is 0 Å². The molecule has 1 fully saturated rings. The molecule has 0 bridgehead atoms. The third-order valence-corrected chi connectivity index (χ3v) is 4.58. The molecule has 3 rings (SSSR count). The summed E-state index contributed by atoms with van der Waals surface area (Å²) in [4.78, 5) is 20.6. The van der Waals surface area contributed by atoms with Crippen LogP contribution in [0.15, 0.2) is 30.3 Å². The monoisotopic (exact) mass is 342 g/mol. The molecule has 0 saturated carbocycles. The lowest BCUT2D eigenvalue weighted by atomic mass is 10.2. The molecular formula is C18H26N6O. The summed E-state index contributed by atoms with van der Waals surface area (Å²) in [5.74, 6) is 0.996. The van der Waals surface area contributed by atoms with Crippen molar-refractivity contribution in [1.82, 2.24) is 24.6 Å². The van der Waals surface area contributed by atoms with E-state index in [1.165, 1.54) is 0 Å². The highest BCUT2D eigenvalue weighted by Crippen LogP contribution is 2.10. The maximum absolute atomic E-state index is 11.2. The summed E-state index contributed by atoms with van der Waals surface area (Å²) >= 11 is 0. The Morgan fingerprint density at radius 3 is 2.40 bits per heavy atom. The van der Waals surface area contributed by atoms with Crippen molar-refractivity contribution in [3.05, 3.63) is 47.5 Å². The van der Waals surface area contributed by atoms with Crippen LogP contribution in [-0.2, 0) is 24.3 Å². The maximum Gasteiger partial charge on any atom is 0.225 e. The van der Waals surface area contributed by atoms with Gasteiger partial charge in [-0.25, -0.2) is 9.67 Å². The minimum absolute atomic E-state index is 0.0817. The van der Waals surface area contributed by atoms with E-state index in [0.717, 1.165) is 50.7 Å². The second kappa shape index (κ2) is 8.22. The molecule has 1 aliphatic heterocycles. The van der Waals surface area contributed by atoms with Crippen molar-refractivity contribution in [2.24, 2.45) is 5.73 Å². The molecule has 1 aromatic heterocycles. The Labute approximate surface area is 148 Å². The number of aromatic nitrogens is 3. The number of primary amides is 1. The predicted octanol–water partition coefficient (Wildman–Crippen LogP) is 0.492. The predicted molar refractivity (Wildman–Crippen MR) is 95.9 cm³/mol. The van der Waals surface area contributed by atoms with Crippen LogP contribution in [0, 0.1) is 0 Å². The van der Waals surface area contributed by atoms with Crippen molar-refractivity contribution in [1.29, 1.82) is 0 Å². The van der Waals surface area contributed by atoms with Gasteiger partial charge in [0.2, 0.25) is 5.91 Å². The average Bonchev–Trinajstić information content (AvgIpc) is 2.96. The van der Waals surface area contributed by atoms with Gasteiger partial charge in [0.05, 0.1) is 19.5 Å². The fourth-order valence-electron chi connectivity index (χ4n) is 3.12. The second-order valence-electron chi connectivity index (χ2n) is 6.44. The third-order valence-electron chi connectivity index (χ3n) is 4.58. The number of hydrogen-bond donors (Lipinski definition) is 1. The lowest BCUT2D eigenvalue weighted by Gasteiger charge is -2.33. The first-order valence-electron chi connectivity index (χ1n) is 8.83. The summed E-state index contributed by atoms with van der Waals surface area (Å²) < 4.78 is 1.90. The van der Waals surface area contributed by atoms with Gasteiger partial charge in [-0.2, -0.15) is 5.10 Å². The van der Waals surface area contributed by atoms with Crippen LogP contribution in [0.5, 0.6) is 0 Å².